The largest absolute Gasteiger partial charge is 0.394 e. The molecular formula is C14H17N5O2. The van der Waals surface area contributed by atoms with Crippen molar-refractivity contribution in [1.82, 2.24) is 24.1 Å². The van der Waals surface area contributed by atoms with Crippen molar-refractivity contribution in [2.75, 3.05) is 6.61 Å². The van der Waals surface area contributed by atoms with E-state index in [0.29, 0.717) is 28.2 Å². The molecule has 110 valence electrons. The highest BCUT2D eigenvalue weighted by molar-refractivity contribution is 5.81. The monoisotopic (exact) mass is 287 g/mol. The van der Waals surface area contributed by atoms with Crippen molar-refractivity contribution in [3.8, 4) is 0 Å². The summed E-state index contributed by atoms with van der Waals surface area (Å²) in [7, 11) is 0. The second-order valence-corrected chi connectivity index (χ2v) is 5.79. The van der Waals surface area contributed by atoms with Crippen molar-refractivity contribution in [2.24, 2.45) is 0 Å². The van der Waals surface area contributed by atoms with Gasteiger partial charge in [-0.3, -0.25) is 4.79 Å². The Bertz CT molecular complexity index is 907. The van der Waals surface area contributed by atoms with Gasteiger partial charge < -0.3 is 9.67 Å². The molecule has 1 N–H and O–H groups in total. The van der Waals surface area contributed by atoms with E-state index in [2.05, 4.69) is 15.1 Å². The number of aromatic nitrogens is 5. The van der Waals surface area contributed by atoms with Gasteiger partial charge in [0.1, 0.15) is 5.82 Å². The number of nitrogens with zero attached hydrogens (tertiary/aromatic N) is 5. The number of pyridine rings is 1. The third kappa shape index (κ3) is 1.92. The lowest BCUT2D eigenvalue weighted by molar-refractivity contribution is 0.161. The lowest BCUT2D eigenvalue weighted by atomic mass is 10.1. The maximum atomic E-state index is 12.8. The minimum Gasteiger partial charge on any atom is -0.394 e. The summed E-state index contributed by atoms with van der Waals surface area (Å²) in [6, 6.07) is 1.81. The summed E-state index contributed by atoms with van der Waals surface area (Å²) >= 11 is 0. The second-order valence-electron chi connectivity index (χ2n) is 5.79. The predicted octanol–water partition coefficient (Wildman–Crippen LogP) is 0.783. The Kier molecular flexibility index (Phi) is 2.84. The molecule has 3 aromatic heterocycles. The summed E-state index contributed by atoms with van der Waals surface area (Å²) in [5, 5.41) is 14.3. The lowest BCUT2D eigenvalue weighted by Gasteiger charge is -2.25. The number of hydrogen-bond acceptors (Lipinski definition) is 5. The Hall–Kier alpha value is -2.28. The van der Waals surface area contributed by atoms with E-state index in [1.54, 1.807) is 38.4 Å². The van der Waals surface area contributed by atoms with E-state index < -0.39 is 5.54 Å². The Morgan fingerprint density at radius 1 is 1.29 bits per heavy atom. The molecule has 0 atom stereocenters. The van der Waals surface area contributed by atoms with Gasteiger partial charge in [0, 0.05) is 6.20 Å². The highest BCUT2D eigenvalue weighted by Gasteiger charge is 2.22. The summed E-state index contributed by atoms with van der Waals surface area (Å²) in [5.74, 6) is 1.09. The van der Waals surface area contributed by atoms with Crippen molar-refractivity contribution in [1.29, 1.82) is 0 Å². The predicted molar refractivity (Wildman–Crippen MR) is 78.4 cm³/mol. The number of aryl methyl sites for hydroxylation is 2. The average molecular weight is 287 g/mol. The maximum absolute atomic E-state index is 12.8. The first-order valence-electron chi connectivity index (χ1n) is 6.72. The first kappa shape index (κ1) is 13.7. The van der Waals surface area contributed by atoms with E-state index in [9.17, 15) is 9.90 Å². The van der Waals surface area contributed by atoms with Gasteiger partial charge in [-0.25, -0.2) is 4.98 Å². The number of aliphatic hydroxyl groups is 1. The number of fused-ring (bicyclic) bond motifs is 3. The van der Waals surface area contributed by atoms with Crippen LogP contribution >= 0.6 is 0 Å². The van der Waals surface area contributed by atoms with Gasteiger partial charge in [0.2, 0.25) is 0 Å². The van der Waals surface area contributed by atoms with E-state index in [0.717, 1.165) is 0 Å². The van der Waals surface area contributed by atoms with E-state index >= 15 is 0 Å². The lowest BCUT2D eigenvalue weighted by Crippen LogP contribution is -2.39. The van der Waals surface area contributed by atoms with E-state index in [4.69, 9.17) is 0 Å². The fraction of sp³-hybridized carbons (Fsp3) is 0.429. The summed E-state index contributed by atoms with van der Waals surface area (Å²) in [6.45, 7) is 7.05. The molecule has 0 saturated carbocycles. The van der Waals surface area contributed by atoms with Crippen LogP contribution in [0, 0.1) is 13.8 Å². The minimum absolute atomic E-state index is 0.129. The van der Waals surface area contributed by atoms with Crippen molar-refractivity contribution in [2.45, 2.75) is 33.2 Å². The topological polar surface area (TPSA) is 85.3 Å². The molecule has 0 fully saturated rings. The Morgan fingerprint density at radius 2 is 2.00 bits per heavy atom. The van der Waals surface area contributed by atoms with Gasteiger partial charge in [0.25, 0.3) is 11.3 Å². The molecule has 0 radical (unpaired) electrons. The third-order valence-electron chi connectivity index (χ3n) is 3.66. The van der Waals surface area contributed by atoms with E-state index in [1.807, 2.05) is 6.07 Å². The van der Waals surface area contributed by atoms with Crippen LogP contribution in [-0.4, -0.2) is 35.9 Å². The van der Waals surface area contributed by atoms with Crippen LogP contribution in [0.4, 0.5) is 0 Å². The zero-order valence-electron chi connectivity index (χ0n) is 12.5. The molecule has 0 aliphatic heterocycles. The normalized spacial score (nSPS) is 12.4. The summed E-state index contributed by atoms with van der Waals surface area (Å²) < 4.78 is 3.11. The van der Waals surface area contributed by atoms with Crippen LogP contribution in [0.2, 0.25) is 0 Å². The van der Waals surface area contributed by atoms with Crippen LogP contribution in [0.25, 0.3) is 16.7 Å². The molecule has 7 heteroatoms. The minimum atomic E-state index is -0.676. The zero-order valence-corrected chi connectivity index (χ0v) is 12.5. The van der Waals surface area contributed by atoms with Crippen LogP contribution in [0.15, 0.2) is 17.1 Å². The van der Waals surface area contributed by atoms with Gasteiger partial charge in [-0.05, 0) is 33.8 Å². The summed E-state index contributed by atoms with van der Waals surface area (Å²) in [4.78, 5) is 21.3. The van der Waals surface area contributed by atoms with Gasteiger partial charge in [0.15, 0.2) is 0 Å². The van der Waals surface area contributed by atoms with Crippen molar-refractivity contribution in [3.63, 3.8) is 0 Å². The fourth-order valence-electron chi connectivity index (χ4n) is 2.44. The summed E-state index contributed by atoms with van der Waals surface area (Å²) in [6.07, 6.45) is 1.68. The second kappa shape index (κ2) is 4.36. The van der Waals surface area contributed by atoms with E-state index in [1.165, 1.54) is 4.57 Å². The standard InChI is InChI=1S/C14H17N5O2/c1-8-11-10(19-13(15-8)16-9(2)17-19)5-6-18(12(11)21)14(3,4)7-20/h5-6,20H,7H2,1-4H3. The van der Waals surface area contributed by atoms with Gasteiger partial charge >= 0.3 is 0 Å². The summed E-state index contributed by atoms with van der Waals surface area (Å²) in [5.41, 5.74) is 0.419. The average Bonchev–Trinajstić information content (AvgIpc) is 2.79. The van der Waals surface area contributed by atoms with Gasteiger partial charge in [-0.2, -0.15) is 9.50 Å². The Labute approximate surface area is 120 Å². The molecule has 3 rings (SSSR count). The molecule has 0 aliphatic carbocycles. The highest BCUT2D eigenvalue weighted by atomic mass is 16.3. The Balaban J connectivity index is 2.47. The molecule has 21 heavy (non-hydrogen) atoms. The number of aliphatic hydroxyl groups excluding tert-OH is 1. The van der Waals surface area contributed by atoms with Gasteiger partial charge in [0.05, 0.1) is 28.7 Å². The molecular weight excluding hydrogens is 270 g/mol. The quantitative estimate of drug-likeness (QED) is 0.753. The maximum Gasteiger partial charge on any atom is 0.262 e. The number of rotatable bonds is 2. The Morgan fingerprint density at radius 3 is 2.67 bits per heavy atom. The van der Waals surface area contributed by atoms with Crippen LogP contribution in [-0.2, 0) is 5.54 Å². The van der Waals surface area contributed by atoms with E-state index in [-0.39, 0.29) is 12.2 Å². The SMILES string of the molecule is Cc1nc2nc(C)c3c(=O)n(C(C)(C)CO)ccc3n2n1. The first-order chi connectivity index (χ1) is 9.85. The molecule has 0 spiro atoms. The van der Waals surface area contributed by atoms with Crippen LogP contribution in [0.5, 0.6) is 0 Å². The molecule has 3 heterocycles. The van der Waals surface area contributed by atoms with Crippen molar-refractivity contribution >= 4 is 16.7 Å². The van der Waals surface area contributed by atoms with Crippen LogP contribution < -0.4 is 5.56 Å². The fourth-order valence-corrected chi connectivity index (χ4v) is 2.44. The molecule has 0 amide bonds. The molecule has 0 unspecified atom stereocenters. The van der Waals surface area contributed by atoms with Crippen LogP contribution in [0.1, 0.15) is 25.4 Å². The first-order valence-corrected chi connectivity index (χ1v) is 6.72. The van der Waals surface area contributed by atoms with Gasteiger partial charge in [-0.15, -0.1) is 5.10 Å². The van der Waals surface area contributed by atoms with Gasteiger partial charge in [-0.1, -0.05) is 0 Å². The number of hydrogen-bond donors (Lipinski definition) is 1. The molecule has 0 bridgehead atoms. The molecule has 3 aromatic rings. The smallest absolute Gasteiger partial charge is 0.262 e. The zero-order chi connectivity index (χ0) is 15.4. The molecule has 0 saturated heterocycles. The molecule has 0 aliphatic rings. The third-order valence-corrected chi connectivity index (χ3v) is 3.66. The molecule has 7 nitrogen and oxygen atoms in total. The van der Waals surface area contributed by atoms with Crippen LogP contribution in [0.3, 0.4) is 0 Å². The van der Waals surface area contributed by atoms with Crippen molar-refractivity contribution < 1.29 is 5.11 Å². The van der Waals surface area contributed by atoms with Crippen molar-refractivity contribution in [3.05, 3.63) is 34.1 Å². The highest BCUT2D eigenvalue weighted by Crippen LogP contribution is 2.18. The molecule has 0 aromatic carbocycles.